The van der Waals surface area contributed by atoms with Crippen molar-refractivity contribution in [2.45, 2.75) is 34.0 Å². The number of aryl methyl sites for hydroxylation is 1. The van der Waals surface area contributed by atoms with Gasteiger partial charge in [-0.2, -0.15) is 0 Å². The number of rotatable bonds is 10. The Kier molecular flexibility index (Phi) is 8.70. The van der Waals surface area contributed by atoms with Crippen molar-refractivity contribution in [1.29, 1.82) is 0 Å². The van der Waals surface area contributed by atoms with Gasteiger partial charge in [-0.1, -0.05) is 59.1 Å². The summed E-state index contributed by atoms with van der Waals surface area (Å²) in [4.78, 5) is 12.5. The highest BCUT2D eigenvalue weighted by molar-refractivity contribution is 6.30. The van der Waals surface area contributed by atoms with Gasteiger partial charge in [-0.15, -0.1) is 0 Å². The van der Waals surface area contributed by atoms with Crippen LogP contribution in [0.15, 0.2) is 89.1 Å². The van der Waals surface area contributed by atoms with Crippen LogP contribution in [-0.2, 0) is 22.7 Å². The minimum Gasteiger partial charge on any atom is -0.484 e. The van der Waals surface area contributed by atoms with Crippen LogP contribution >= 0.6 is 11.6 Å². The van der Waals surface area contributed by atoms with Crippen LogP contribution < -0.4 is 9.47 Å². The lowest BCUT2D eigenvalue weighted by molar-refractivity contribution is -0.138. The molecule has 3 aromatic carbocycles. The molecule has 1 heterocycles. The summed E-state index contributed by atoms with van der Waals surface area (Å²) in [6, 6.07) is 19.0. The zero-order chi connectivity index (χ0) is 26.2. The summed E-state index contributed by atoms with van der Waals surface area (Å²) >= 11 is 5.92. The number of carbonyl (C=O) groups excluding carboxylic acids is 1. The summed E-state index contributed by atoms with van der Waals surface area (Å²) < 4.78 is 23.6. The maximum atomic E-state index is 12.5. The molecule has 0 atom stereocenters. The van der Waals surface area contributed by atoms with Gasteiger partial charge in [0.25, 0.3) is 0 Å². The van der Waals surface area contributed by atoms with Crippen molar-refractivity contribution in [3.63, 3.8) is 0 Å². The second-order valence-corrected chi connectivity index (χ2v) is 9.33. The van der Waals surface area contributed by atoms with Crippen LogP contribution in [0.5, 0.6) is 11.5 Å². The van der Waals surface area contributed by atoms with E-state index in [0.29, 0.717) is 40.9 Å². The predicted octanol–water partition coefficient (Wildman–Crippen LogP) is 8.08. The summed E-state index contributed by atoms with van der Waals surface area (Å²) in [6.07, 6.45) is 6.65. The van der Waals surface area contributed by atoms with Crippen LogP contribution in [0.1, 0.15) is 36.1 Å². The number of fused-ring (bicyclic) bond motifs is 1. The number of hydrogen-bond acceptors (Lipinski definition) is 5. The molecule has 0 aliphatic heterocycles. The minimum atomic E-state index is -0.473. The highest BCUT2D eigenvalue weighted by Crippen LogP contribution is 2.41. The van der Waals surface area contributed by atoms with Crippen LogP contribution in [0.4, 0.5) is 0 Å². The van der Waals surface area contributed by atoms with Gasteiger partial charge < -0.3 is 18.6 Å². The highest BCUT2D eigenvalue weighted by Gasteiger charge is 2.18. The van der Waals surface area contributed by atoms with Gasteiger partial charge in [0.1, 0.15) is 19.8 Å². The van der Waals surface area contributed by atoms with E-state index < -0.39 is 5.97 Å². The van der Waals surface area contributed by atoms with Gasteiger partial charge in [0.15, 0.2) is 11.3 Å². The molecular weight excluding hydrogens is 488 g/mol. The second kappa shape index (κ2) is 12.3. The van der Waals surface area contributed by atoms with Gasteiger partial charge in [-0.05, 0) is 68.3 Å². The maximum absolute atomic E-state index is 12.5. The summed E-state index contributed by atoms with van der Waals surface area (Å²) in [5, 5.41) is 1.47. The van der Waals surface area contributed by atoms with Gasteiger partial charge in [0.05, 0.1) is 6.26 Å². The molecule has 5 nitrogen and oxygen atoms in total. The van der Waals surface area contributed by atoms with Crippen LogP contribution in [0.3, 0.4) is 0 Å². The van der Waals surface area contributed by atoms with Crippen LogP contribution in [-0.4, -0.2) is 12.6 Å². The van der Waals surface area contributed by atoms with Gasteiger partial charge in [0, 0.05) is 22.0 Å². The zero-order valence-electron chi connectivity index (χ0n) is 21.1. The number of halogens is 1. The second-order valence-electron chi connectivity index (χ2n) is 8.90. The van der Waals surface area contributed by atoms with Gasteiger partial charge >= 0.3 is 5.97 Å². The molecule has 37 heavy (non-hydrogen) atoms. The van der Waals surface area contributed by atoms with Crippen molar-refractivity contribution in [1.82, 2.24) is 0 Å². The number of ether oxygens (including phenoxy) is 3. The Hall–Kier alpha value is -3.96. The largest absolute Gasteiger partial charge is 0.484 e. The molecule has 1 aromatic heterocycles. The van der Waals surface area contributed by atoms with E-state index >= 15 is 0 Å². The van der Waals surface area contributed by atoms with E-state index in [1.54, 1.807) is 24.5 Å². The number of benzene rings is 3. The molecule has 0 aliphatic rings. The fourth-order valence-electron chi connectivity index (χ4n) is 3.56. The Bertz CT molecular complexity index is 1410. The molecule has 0 unspecified atom stereocenters. The molecule has 4 aromatic rings. The average molecular weight is 517 g/mol. The molecule has 0 amide bonds. The molecule has 0 radical (unpaired) electrons. The molecule has 6 heteroatoms. The van der Waals surface area contributed by atoms with Crippen LogP contribution in [0, 0.1) is 6.92 Å². The molecule has 0 fully saturated rings. The van der Waals surface area contributed by atoms with Crippen LogP contribution in [0.2, 0.25) is 5.02 Å². The molecule has 0 N–H and O–H groups in total. The summed E-state index contributed by atoms with van der Waals surface area (Å²) in [7, 11) is 0. The Balaban J connectivity index is 1.61. The van der Waals surface area contributed by atoms with E-state index in [0.717, 1.165) is 22.1 Å². The van der Waals surface area contributed by atoms with Crippen LogP contribution in [0.25, 0.3) is 17.0 Å². The molecule has 0 aliphatic carbocycles. The van der Waals surface area contributed by atoms with Crippen molar-refractivity contribution < 1.29 is 23.4 Å². The third-order valence-corrected chi connectivity index (χ3v) is 5.85. The molecular formula is C31H29ClO5. The topological polar surface area (TPSA) is 57.9 Å². The maximum Gasteiger partial charge on any atom is 0.331 e. The first-order valence-corrected chi connectivity index (χ1v) is 12.3. The van der Waals surface area contributed by atoms with Gasteiger partial charge in [0.2, 0.25) is 5.75 Å². The standard InChI is InChI=1S/C31H29ClO5/c1-21(2)14-16-35-31-29-26(15-17-34-29)18-25(30(31)37-20-23-6-4-22(3)5-7-23)10-13-28(33)36-19-24-8-11-27(32)12-9-24/h4-15,17-18H,16,19-20H2,1-3H3/b13-10-. The summed E-state index contributed by atoms with van der Waals surface area (Å²) in [5.41, 5.74) is 5.44. The van der Waals surface area contributed by atoms with E-state index in [9.17, 15) is 4.79 Å². The molecule has 4 rings (SSSR count). The highest BCUT2D eigenvalue weighted by atomic mass is 35.5. The first-order valence-electron chi connectivity index (χ1n) is 12.0. The Morgan fingerprint density at radius 3 is 2.35 bits per heavy atom. The minimum absolute atomic E-state index is 0.148. The molecule has 0 bridgehead atoms. The smallest absolute Gasteiger partial charge is 0.331 e. The van der Waals surface area contributed by atoms with Crippen molar-refractivity contribution >= 4 is 34.6 Å². The number of esters is 1. The lowest BCUT2D eigenvalue weighted by atomic mass is 10.1. The quantitative estimate of drug-likeness (QED) is 0.121. The zero-order valence-corrected chi connectivity index (χ0v) is 21.9. The third kappa shape index (κ3) is 7.28. The van der Waals surface area contributed by atoms with E-state index in [4.69, 9.17) is 30.2 Å². The first kappa shape index (κ1) is 26.1. The molecule has 0 spiro atoms. The lowest BCUT2D eigenvalue weighted by Crippen LogP contribution is -2.03. The molecule has 190 valence electrons. The number of furan rings is 1. The number of carbonyl (C=O) groups is 1. The fraction of sp³-hybridized carbons (Fsp3) is 0.194. The van der Waals surface area contributed by atoms with E-state index in [-0.39, 0.29) is 6.61 Å². The monoisotopic (exact) mass is 516 g/mol. The van der Waals surface area contributed by atoms with Crippen molar-refractivity contribution in [3.8, 4) is 11.5 Å². The number of hydrogen-bond donors (Lipinski definition) is 0. The van der Waals surface area contributed by atoms with Gasteiger partial charge in [-0.3, -0.25) is 0 Å². The predicted molar refractivity (Wildman–Crippen MR) is 147 cm³/mol. The van der Waals surface area contributed by atoms with Gasteiger partial charge in [-0.25, -0.2) is 4.79 Å². The average Bonchev–Trinajstić information content (AvgIpc) is 3.35. The summed E-state index contributed by atoms with van der Waals surface area (Å²) in [5.74, 6) is 0.506. The Labute approximate surface area is 221 Å². The Morgan fingerprint density at radius 2 is 1.62 bits per heavy atom. The molecule has 0 saturated heterocycles. The molecule has 0 saturated carbocycles. The summed E-state index contributed by atoms with van der Waals surface area (Å²) in [6.45, 7) is 6.89. The van der Waals surface area contributed by atoms with Crippen molar-refractivity contribution in [2.24, 2.45) is 0 Å². The normalized spacial score (nSPS) is 11.0. The van der Waals surface area contributed by atoms with Crippen molar-refractivity contribution in [3.05, 3.63) is 112 Å². The van der Waals surface area contributed by atoms with E-state index in [1.165, 1.54) is 11.6 Å². The van der Waals surface area contributed by atoms with Crippen molar-refractivity contribution in [2.75, 3.05) is 6.61 Å². The Morgan fingerprint density at radius 1 is 0.919 bits per heavy atom. The third-order valence-electron chi connectivity index (χ3n) is 5.60. The van der Waals surface area contributed by atoms with E-state index in [1.807, 2.05) is 75.4 Å². The first-order chi connectivity index (χ1) is 17.9. The number of allylic oxidation sites excluding steroid dienone is 1. The fourth-order valence-corrected chi connectivity index (χ4v) is 3.69. The lowest BCUT2D eigenvalue weighted by Gasteiger charge is -2.16. The SMILES string of the molecule is CC(C)=CCOc1c(OCc2ccc(C)cc2)c(/C=C\C(=O)OCc2ccc(Cl)cc2)cc2ccoc12. The van der Waals surface area contributed by atoms with E-state index in [2.05, 4.69) is 0 Å².